The van der Waals surface area contributed by atoms with Gasteiger partial charge in [-0.25, -0.2) is 0 Å². The van der Waals surface area contributed by atoms with E-state index in [0.717, 1.165) is 29.3 Å². The summed E-state index contributed by atoms with van der Waals surface area (Å²) in [6, 6.07) is 16.7. The Hall–Kier alpha value is -2.35. The number of aldehydes is 1. The topological polar surface area (TPSA) is 22.0 Å². The summed E-state index contributed by atoms with van der Waals surface area (Å²) in [7, 11) is 0. The van der Waals surface area contributed by atoms with Crippen LogP contribution in [0.4, 0.5) is 0 Å². The highest BCUT2D eigenvalue weighted by atomic mass is 16.1. The molecule has 2 nitrogen and oxygen atoms in total. The SMILES string of the molecule is CC(C)c1ccc(Cn2ccc3cc(C=O)ccc32)cc1. The van der Waals surface area contributed by atoms with Crippen LogP contribution in [-0.4, -0.2) is 10.9 Å². The van der Waals surface area contributed by atoms with E-state index in [9.17, 15) is 4.79 Å². The second-order valence-electron chi connectivity index (χ2n) is 5.78. The van der Waals surface area contributed by atoms with Gasteiger partial charge in [-0.1, -0.05) is 38.1 Å². The molecule has 2 heteroatoms. The maximum absolute atomic E-state index is 10.8. The van der Waals surface area contributed by atoms with Crippen LogP contribution in [0.15, 0.2) is 54.7 Å². The quantitative estimate of drug-likeness (QED) is 0.637. The summed E-state index contributed by atoms with van der Waals surface area (Å²) < 4.78 is 2.22. The molecule has 0 unspecified atom stereocenters. The Balaban J connectivity index is 1.89. The molecule has 0 spiro atoms. The van der Waals surface area contributed by atoms with E-state index in [-0.39, 0.29) is 0 Å². The largest absolute Gasteiger partial charge is 0.343 e. The van der Waals surface area contributed by atoms with Gasteiger partial charge in [-0.05, 0) is 41.3 Å². The van der Waals surface area contributed by atoms with Gasteiger partial charge in [0.2, 0.25) is 0 Å². The molecule has 0 amide bonds. The van der Waals surface area contributed by atoms with Gasteiger partial charge in [-0.2, -0.15) is 0 Å². The molecule has 0 aliphatic heterocycles. The van der Waals surface area contributed by atoms with E-state index in [1.807, 2.05) is 18.2 Å². The zero-order valence-electron chi connectivity index (χ0n) is 12.4. The molecule has 0 radical (unpaired) electrons. The van der Waals surface area contributed by atoms with Gasteiger partial charge in [0.15, 0.2) is 0 Å². The van der Waals surface area contributed by atoms with Gasteiger partial charge in [0.05, 0.1) is 0 Å². The van der Waals surface area contributed by atoms with Crippen molar-refractivity contribution in [1.82, 2.24) is 4.57 Å². The number of rotatable bonds is 4. The van der Waals surface area contributed by atoms with Crippen molar-refractivity contribution in [3.8, 4) is 0 Å². The first kappa shape index (κ1) is 13.6. The lowest BCUT2D eigenvalue weighted by molar-refractivity contribution is 0.112. The van der Waals surface area contributed by atoms with Crippen molar-refractivity contribution in [1.29, 1.82) is 0 Å². The number of fused-ring (bicyclic) bond motifs is 1. The summed E-state index contributed by atoms with van der Waals surface area (Å²) in [4.78, 5) is 10.8. The van der Waals surface area contributed by atoms with Gasteiger partial charge >= 0.3 is 0 Å². The fourth-order valence-corrected chi connectivity index (χ4v) is 2.63. The van der Waals surface area contributed by atoms with Crippen LogP contribution < -0.4 is 0 Å². The number of hydrogen-bond donors (Lipinski definition) is 0. The lowest BCUT2D eigenvalue weighted by Crippen LogP contribution is -1.98. The van der Waals surface area contributed by atoms with Crippen LogP contribution in [0.3, 0.4) is 0 Å². The Morgan fingerprint density at radius 1 is 1.05 bits per heavy atom. The average Bonchev–Trinajstić information content (AvgIpc) is 2.90. The van der Waals surface area contributed by atoms with Crippen LogP contribution in [0.1, 0.15) is 41.3 Å². The smallest absolute Gasteiger partial charge is 0.150 e. The van der Waals surface area contributed by atoms with Gasteiger partial charge in [-0.15, -0.1) is 0 Å². The zero-order chi connectivity index (χ0) is 14.8. The number of hydrogen-bond acceptors (Lipinski definition) is 1. The van der Waals surface area contributed by atoms with E-state index in [2.05, 4.69) is 54.9 Å². The molecule has 0 aliphatic carbocycles. The van der Waals surface area contributed by atoms with Gasteiger partial charge in [0, 0.05) is 29.2 Å². The van der Waals surface area contributed by atoms with Crippen molar-refractivity contribution in [2.75, 3.05) is 0 Å². The maximum atomic E-state index is 10.8. The van der Waals surface area contributed by atoms with Crippen LogP contribution in [0.25, 0.3) is 10.9 Å². The molecule has 0 fully saturated rings. The summed E-state index contributed by atoms with van der Waals surface area (Å²) in [6.07, 6.45) is 2.97. The molecule has 1 heterocycles. The lowest BCUT2D eigenvalue weighted by atomic mass is 10.0. The Kier molecular flexibility index (Phi) is 3.61. The third kappa shape index (κ3) is 2.75. The van der Waals surface area contributed by atoms with Crippen LogP contribution >= 0.6 is 0 Å². The highest BCUT2D eigenvalue weighted by Crippen LogP contribution is 2.20. The van der Waals surface area contributed by atoms with Gasteiger partial charge in [0.25, 0.3) is 0 Å². The van der Waals surface area contributed by atoms with Crippen LogP contribution in [-0.2, 0) is 6.54 Å². The Labute approximate surface area is 125 Å². The van der Waals surface area contributed by atoms with Crippen molar-refractivity contribution in [3.63, 3.8) is 0 Å². The van der Waals surface area contributed by atoms with Crippen molar-refractivity contribution in [2.24, 2.45) is 0 Å². The van der Waals surface area contributed by atoms with E-state index in [1.165, 1.54) is 11.1 Å². The van der Waals surface area contributed by atoms with E-state index in [4.69, 9.17) is 0 Å². The number of carbonyl (C=O) groups is 1. The van der Waals surface area contributed by atoms with Crippen LogP contribution in [0, 0.1) is 0 Å². The van der Waals surface area contributed by atoms with Gasteiger partial charge in [0.1, 0.15) is 6.29 Å². The van der Waals surface area contributed by atoms with E-state index in [1.54, 1.807) is 0 Å². The minimum Gasteiger partial charge on any atom is -0.343 e. The fraction of sp³-hybridized carbons (Fsp3) is 0.211. The summed E-state index contributed by atoms with van der Waals surface area (Å²) in [5.74, 6) is 0.563. The summed E-state index contributed by atoms with van der Waals surface area (Å²) in [5, 5.41) is 1.11. The maximum Gasteiger partial charge on any atom is 0.150 e. The molecule has 3 aromatic rings. The predicted molar refractivity (Wildman–Crippen MR) is 87.0 cm³/mol. The highest BCUT2D eigenvalue weighted by molar-refractivity contribution is 5.87. The lowest BCUT2D eigenvalue weighted by Gasteiger charge is -2.09. The van der Waals surface area contributed by atoms with E-state index < -0.39 is 0 Å². The van der Waals surface area contributed by atoms with Crippen molar-refractivity contribution < 1.29 is 4.79 Å². The predicted octanol–water partition coefficient (Wildman–Crippen LogP) is 4.63. The molecular formula is C19H19NO. The number of aromatic nitrogens is 1. The van der Waals surface area contributed by atoms with E-state index >= 15 is 0 Å². The normalized spacial score (nSPS) is 11.2. The van der Waals surface area contributed by atoms with Crippen molar-refractivity contribution >= 4 is 17.2 Å². The molecule has 0 aliphatic rings. The van der Waals surface area contributed by atoms with Crippen LogP contribution in [0.2, 0.25) is 0 Å². The van der Waals surface area contributed by atoms with Gasteiger partial charge < -0.3 is 4.57 Å². The third-order valence-electron chi connectivity index (χ3n) is 3.93. The summed E-state index contributed by atoms with van der Waals surface area (Å²) in [5.41, 5.74) is 4.54. The monoisotopic (exact) mass is 277 g/mol. The Morgan fingerprint density at radius 3 is 2.48 bits per heavy atom. The first-order valence-corrected chi connectivity index (χ1v) is 7.30. The van der Waals surface area contributed by atoms with Crippen molar-refractivity contribution in [3.05, 3.63) is 71.4 Å². The molecule has 106 valence electrons. The van der Waals surface area contributed by atoms with Gasteiger partial charge in [-0.3, -0.25) is 4.79 Å². The zero-order valence-corrected chi connectivity index (χ0v) is 12.4. The molecule has 0 bridgehead atoms. The molecular weight excluding hydrogens is 258 g/mol. The fourth-order valence-electron chi connectivity index (χ4n) is 2.63. The molecule has 21 heavy (non-hydrogen) atoms. The molecule has 0 atom stereocenters. The Bertz CT molecular complexity index is 766. The number of benzene rings is 2. The second kappa shape index (κ2) is 5.57. The summed E-state index contributed by atoms with van der Waals surface area (Å²) in [6.45, 7) is 5.26. The third-order valence-corrected chi connectivity index (χ3v) is 3.93. The summed E-state index contributed by atoms with van der Waals surface area (Å²) >= 11 is 0. The molecule has 0 saturated heterocycles. The number of carbonyl (C=O) groups excluding carboxylic acids is 1. The minimum atomic E-state index is 0.563. The first-order valence-electron chi connectivity index (χ1n) is 7.30. The minimum absolute atomic E-state index is 0.563. The average molecular weight is 277 g/mol. The van der Waals surface area contributed by atoms with Crippen LogP contribution in [0.5, 0.6) is 0 Å². The molecule has 2 aromatic carbocycles. The highest BCUT2D eigenvalue weighted by Gasteiger charge is 2.04. The molecule has 0 saturated carbocycles. The number of nitrogens with zero attached hydrogens (tertiary/aromatic N) is 1. The van der Waals surface area contributed by atoms with E-state index in [0.29, 0.717) is 5.92 Å². The molecule has 3 rings (SSSR count). The standard InChI is InChI=1S/C19H19NO/c1-14(2)17-6-3-15(4-7-17)12-20-10-9-18-11-16(13-21)5-8-19(18)20/h3-11,13-14H,12H2,1-2H3. The molecule has 1 aromatic heterocycles. The van der Waals surface area contributed by atoms with Crippen molar-refractivity contribution in [2.45, 2.75) is 26.3 Å². The Morgan fingerprint density at radius 2 is 1.81 bits per heavy atom. The first-order chi connectivity index (χ1) is 10.2. The molecule has 0 N–H and O–H groups in total. The second-order valence-corrected chi connectivity index (χ2v) is 5.78.